The molecule has 0 bridgehead atoms. The Bertz CT molecular complexity index is 422. The normalized spacial score (nSPS) is 14.0. The highest BCUT2D eigenvalue weighted by molar-refractivity contribution is 9.26. The van der Waals surface area contributed by atoms with Gasteiger partial charge in [-0.1, -0.05) is 47.7 Å². The van der Waals surface area contributed by atoms with E-state index in [1.165, 1.54) is 0 Å². The molecule has 0 spiro atoms. The molecule has 0 amide bonds. The smallest absolute Gasteiger partial charge is 0.330 e. The first kappa shape index (κ1) is 29.0. The standard InChI is InChI=1S/C9H17F2O3P.C6H15BrSi.H2O.H2/c1-5-7(2)8(12)14-6-9(10,11)15(3,4)13;1-6(2,3)8(4,5)7;;/h7H,5-6H2,1-4H3;1-5H3;1H2;1H/i;;;1+1. The van der Waals surface area contributed by atoms with Gasteiger partial charge in [0.25, 0.3) is 0 Å². The Morgan fingerprint density at radius 2 is 1.62 bits per heavy atom. The maximum Gasteiger partial charge on any atom is 0.330 e. The molecule has 0 aromatic heterocycles. The van der Waals surface area contributed by atoms with Gasteiger partial charge < -0.3 is 14.8 Å². The van der Waals surface area contributed by atoms with Crippen LogP contribution in [0.4, 0.5) is 8.78 Å². The molecule has 0 aromatic rings. The molecular formula is C15H36BrF2O4PSi. The van der Waals surface area contributed by atoms with Crippen molar-refractivity contribution in [2.24, 2.45) is 5.92 Å². The van der Waals surface area contributed by atoms with Crippen LogP contribution in [0.3, 0.4) is 0 Å². The van der Waals surface area contributed by atoms with Crippen LogP contribution in [0, 0.1) is 5.92 Å². The van der Waals surface area contributed by atoms with Crippen molar-refractivity contribution in [3.63, 3.8) is 0 Å². The third kappa shape index (κ3) is 11.0. The molecule has 0 aliphatic heterocycles. The summed E-state index contributed by atoms with van der Waals surface area (Å²) < 4.78 is 41.8. The van der Waals surface area contributed by atoms with Crippen LogP contribution in [-0.4, -0.2) is 43.7 Å². The van der Waals surface area contributed by atoms with E-state index in [-0.39, 0.29) is 6.90 Å². The monoisotopic (exact) mass is 457 g/mol. The van der Waals surface area contributed by atoms with Crippen LogP contribution in [0.25, 0.3) is 0 Å². The van der Waals surface area contributed by atoms with Gasteiger partial charge in [-0.2, -0.15) is 8.78 Å². The van der Waals surface area contributed by atoms with Crippen LogP contribution in [0.2, 0.25) is 18.1 Å². The molecule has 0 saturated carbocycles. The molecule has 0 fully saturated rings. The van der Waals surface area contributed by atoms with E-state index in [9.17, 15) is 18.1 Å². The molecule has 150 valence electrons. The molecule has 0 rings (SSSR count). The van der Waals surface area contributed by atoms with E-state index in [4.69, 9.17) is 0 Å². The van der Waals surface area contributed by atoms with Crippen LogP contribution >= 0.6 is 22.4 Å². The van der Waals surface area contributed by atoms with E-state index in [1.807, 2.05) is 0 Å². The summed E-state index contributed by atoms with van der Waals surface area (Å²) in [7, 11) is -3.57. The van der Waals surface area contributed by atoms with Crippen molar-refractivity contribution in [1.82, 2.24) is 0 Å². The second-order valence-electron chi connectivity index (χ2n) is 7.66. The first-order valence-corrected chi connectivity index (χ1v) is 15.5. The average molecular weight is 458 g/mol. The lowest BCUT2D eigenvalue weighted by molar-refractivity contribution is -0.153. The Labute approximate surface area is 155 Å². The van der Waals surface area contributed by atoms with Gasteiger partial charge in [-0.15, -0.1) is 15.3 Å². The molecule has 0 aliphatic rings. The fourth-order valence-electron chi connectivity index (χ4n) is 0.622. The van der Waals surface area contributed by atoms with Crippen molar-refractivity contribution in [1.29, 1.82) is 0 Å². The first-order chi connectivity index (χ1) is 9.87. The Kier molecular flexibility index (Phi) is 12.5. The maximum atomic E-state index is 13.1. The quantitative estimate of drug-likeness (QED) is 0.233. The van der Waals surface area contributed by atoms with Crippen molar-refractivity contribution >= 4 is 35.1 Å². The summed E-state index contributed by atoms with van der Waals surface area (Å²) in [6.45, 7) is 14.7. The van der Waals surface area contributed by atoms with Gasteiger partial charge in [-0.3, -0.25) is 4.79 Å². The van der Waals surface area contributed by atoms with Crippen LogP contribution < -0.4 is 0 Å². The topological polar surface area (TPSA) is 74.9 Å². The number of hydrogen-bond donors (Lipinski definition) is 0. The van der Waals surface area contributed by atoms with Gasteiger partial charge in [-0.05, 0) is 24.8 Å². The van der Waals surface area contributed by atoms with Gasteiger partial charge in [0.2, 0.25) is 0 Å². The van der Waals surface area contributed by atoms with Crippen molar-refractivity contribution in [3.05, 3.63) is 0 Å². The van der Waals surface area contributed by atoms with Gasteiger partial charge >= 0.3 is 11.6 Å². The third-order valence-electron chi connectivity index (χ3n) is 3.97. The molecule has 24 heavy (non-hydrogen) atoms. The Morgan fingerprint density at radius 3 is 1.83 bits per heavy atom. The number of carbonyl (C=O) groups excluding carboxylic acids is 1. The highest BCUT2D eigenvalue weighted by atomic mass is 79.9. The number of ether oxygens (including phenoxy) is 1. The minimum absolute atomic E-state index is 0. The van der Waals surface area contributed by atoms with Gasteiger partial charge in [0.1, 0.15) is 6.69 Å². The van der Waals surface area contributed by atoms with Crippen molar-refractivity contribution in [2.75, 3.05) is 19.9 Å². The van der Waals surface area contributed by atoms with Crippen molar-refractivity contribution in [2.45, 2.75) is 64.8 Å². The molecular weight excluding hydrogens is 421 g/mol. The summed E-state index contributed by atoms with van der Waals surface area (Å²) in [6.07, 6.45) is 0.528. The number of hydrogen-bond acceptors (Lipinski definition) is 3. The highest BCUT2D eigenvalue weighted by Gasteiger charge is 2.44. The molecule has 1 atom stereocenters. The summed E-state index contributed by atoms with van der Waals surface area (Å²) in [5.74, 6) is -1.08. The number of esters is 1. The van der Waals surface area contributed by atoms with Gasteiger partial charge in [-0.25, -0.2) is 0 Å². The fraction of sp³-hybridized carbons (Fsp3) is 0.933. The zero-order valence-electron chi connectivity index (χ0n) is 16.3. The maximum absolute atomic E-state index is 13.1. The summed E-state index contributed by atoms with van der Waals surface area (Å²) >= 11 is 3.74. The van der Waals surface area contributed by atoms with E-state index in [1.54, 1.807) is 13.8 Å². The number of rotatable bonds is 5. The van der Waals surface area contributed by atoms with Crippen LogP contribution in [0.5, 0.6) is 0 Å². The largest absolute Gasteiger partial charge is 0.459 e. The molecule has 4 nitrogen and oxygen atoms in total. The lowest BCUT2D eigenvalue weighted by Crippen LogP contribution is -2.29. The third-order valence-corrected chi connectivity index (χ3v) is 12.8. The molecule has 0 aliphatic carbocycles. The van der Waals surface area contributed by atoms with E-state index >= 15 is 0 Å². The predicted octanol–water partition coefficient (Wildman–Crippen LogP) is 5.60. The molecule has 0 saturated heterocycles. The molecule has 0 radical (unpaired) electrons. The second-order valence-corrected chi connectivity index (χ2v) is 21.4. The zero-order valence-corrected chi connectivity index (χ0v) is 19.8. The Balaban J connectivity index is -0.000000190. The van der Waals surface area contributed by atoms with Crippen molar-refractivity contribution in [3.8, 4) is 0 Å². The van der Waals surface area contributed by atoms with Crippen LogP contribution in [-0.2, 0) is 14.1 Å². The second kappa shape index (κ2) is 10.4. The summed E-state index contributed by atoms with van der Waals surface area (Å²) in [4.78, 5) is 11.1. The summed E-state index contributed by atoms with van der Waals surface area (Å²) in [5, 5.41) is 0.493. The highest BCUT2D eigenvalue weighted by Crippen LogP contribution is 2.53. The molecule has 9 heteroatoms. The molecule has 2 N–H and O–H groups in total. The number of halogens is 3. The Hall–Kier alpha value is 0.217. The average Bonchev–Trinajstić information content (AvgIpc) is 2.31. The Morgan fingerprint density at radius 1 is 1.29 bits per heavy atom. The lowest BCUT2D eigenvalue weighted by Gasteiger charge is -2.30. The molecule has 0 aromatic carbocycles. The van der Waals surface area contributed by atoms with E-state index in [0.717, 1.165) is 13.3 Å². The predicted molar refractivity (Wildman–Crippen MR) is 107 cm³/mol. The molecule has 0 heterocycles. The molecule has 1 unspecified atom stereocenters. The SMILES string of the molecule is CC(C)(C)[Si](C)(C)Br.CCC(C)C(=O)OCC(F)(F)P(C)(C)=O.O.[2HH]. The summed E-state index contributed by atoms with van der Waals surface area (Å²) in [6, 6.07) is 0. The van der Waals surface area contributed by atoms with E-state index in [0.29, 0.717) is 11.5 Å². The lowest BCUT2D eigenvalue weighted by atomic mass is 10.1. The fourth-order valence-corrected chi connectivity index (χ4v) is 0.998. The van der Waals surface area contributed by atoms with Gasteiger partial charge in [0.15, 0.2) is 13.7 Å². The van der Waals surface area contributed by atoms with Crippen LogP contribution in [0.1, 0.15) is 42.5 Å². The zero-order chi connectivity index (χ0) is 19.3. The van der Waals surface area contributed by atoms with Crippen LogP contribution in [0.15, 0.2) is 0 Å². The van der Waals surface area contributed by atoms with Gasteiger partial charge in [0, 0.05) is 1.43 Å². The first-order valence-electron chi connectivity index (χ1n) is 7.65. The van der Waals surface area contributed by atoms with Crippen molar-refractivity contribution < 1.29 is 29.8 Å². The summed E-state index contributed by atoms with van der Waals surface area (Å²) in [5.41, 5.74) is -3.43. The van der Waals surface area contributed by atoms with Gasteiger partial charge in [0.05, 0.1) is 5.92 Å². The number of carbonyl (C=O) groups is 1. The number of alkyl halides is 2. The minimum Gasteiger partial charge on any atom is -0.459 e. The van der Waals surface area contributed by atoms with E-state index < -0.39 is 38.0 Å². The minimum atomic E-state index is -3.57. The van der Waals surface area contributed by atoms with E-state index in [2.05, 4.69) is 53.9 Å².